The lowest BCUT2D eigenvalue weighted by atomic mass is 10.1. The normalized spacial score (nSPS) is 10.4. The third-order valence-corrected chi connectivity index (χ3v) is 4.22. The van der Waals surface area contributed by atoms with Crippen molar-refractivity contribution in [1.82, 2.24) is 4.98 Å². The first-order valence-electron chi connectivity index (χ1n) is 8.57. The van der Waals surface area contributed by atoms with Gasteiger partial charge >= 0.3 is 0 Å². The molecule has 0 spiro atoms. The highest BCUT2D eigenvalue weighted by atomic mass is 35.5. The molecule has 1 amide bonds. The minimum Gasteiger partial charge on any atom is -0.383 e. The summed E-state index contributed by atoms with van der Waals surface area (Å²) in [5.41, 5.74) is 2.80. The summed E-state index contributed by atoms with van der Waals surface area (Å²) in [5.74, 6) is 0.129. The summed E-state index contributed by atoms with van der Waals surface area (Å²) >= 11 is 5.84. The molecule has 6 heteroatoms. The standard InChI is InChI=1S/C21H19ClFN3O/c22-17-5-1-16(2-6-17)13-21(27)26-20-10-9-19(14-25-20)24-12-11-15-3-7-18(23)8-4-15/h1-10,14,24H,11-13H2,(H,25,26,27). The minimum atomic E-state index is -0.232. The van der Waals surface area contributed by atoms with Gasteiger partial charge in [-0.1, -0.05) is 35.9 Å². The smallest absolute Gasteiger partial charge is 0.229 e. The fourth-order valence-electron chi connectivity index (χ4n) is 2.55. The fraction of sp³-hybridized carbons (Fsp3) is 0.143. The van der Waals surface area contributed by atoms with Crippen LogP contribution in [0.2, 0.25) is 5.02 Å². The zero-order valence-electron chi connectivity index (χ0n) is 14.6. The molecule has 0 saturated heterocycles. The summed E-state index contributed by atoms with van der Waals surface area (Å²) in [7, 11) is 0. The molecule has 1 heterocycles. The van der Waals surface area contributed by atoms with Gasteiger partial charge in [0, 0.05) is 11.6 Å². The SMILES string of the molecule is O=C(Cc1ccc(Cl)cc1)Nc1ccc(NCCc2ccc(F)cc2)cn1. The van der Waals surface area contributed by atoms with Crippen molar-refractivity contribution in [3.8, 4) is 0 Å². The van der Waals surface area contributed by atoms with Crippen LogP contribution in [0.25, 0.3) is 0 Å². The van der Waals surface area contributed by atoms with Crippen LogP contribution in [-0.2, 0) is 17.6 Å². The molecule has 4 nitrogen and oxygen atoms in total. The Morgan fingerprint density at radius 3 is 2.33 bits per heavy atom. The van der Waals surface area contributed by atoms with Gasteiger partial charge in [-0.2, -0.15) is 0 Å². The van der Waals surface area contributed by atoms with Gasteiger partial charge in [0.1, 0.15) is 11.6 Å². The molecule has 138 valence electrons. The van der Waals surface area contributed by atoms with Gasteiger partial charge in [-0.15, -0.1) is 0 Å². The first-order chi connectivity index (χ1) is 13.1. The van der Waals surface area contributed by atoms with E-state index in [1.807, 2.05) is 18.2 Å². The van der Waals surface area contributed by atoms with E-state index < -0.39 is 0 Å². The van der Waals surface area contributed by atoms with Crippen LogP contribution in [0.5, 0.6) is 0 Å². The Labute approximate surface area is 162 Å². The average molecular weight is 384 g/mol. The van der Waals surface area contributed by atoms with Crippen LogP contribution in [0.1, 0.15) is 11.1 Å². The molecular weight excluding hydrogens is 365 g/mol. The van der Waals surface area contributed by atoms with Gasteiger partial charge in [0.05, 0.1) is 18.3 Å². The second-order valence-electron chi connectivity index (χ2n) is 6.09. The van der Waals surface area contributed by atoms with Crippen molar-refractivity contribution >= 4 is 29.0 Å². The fourth-order valence-corrected chi connectivity index (χ4v) is 2.68. The number of carbonyl (C=O) groups is 1. The molecule has 0 unspecified atom stereocenters. The van der Waals surface area contributed by atoms with Gasteiger partial charge < -0.3 is 10.6 Å². The first kappa shape index (κ1) is 18.9. The van der Waals surface area contributed by atoms with Crippen molar-refractivity contribution in [3.05, 3.63) is 88.8 Å². The second-order valence-corrected chi connectivity index (χ2v) is 6.52. The van der Waals surface area contributed by atoms with Gasteiger partial charge in [0.25, 0.3) is 0 Å². The monoisotopic (exact) mass is 383 g/mol. The minimum absolute atomic E-state index is 0.137. The molecule has 0 saturated carbocycles. The van der Waals surface area contributed by atoms with Crippen LogP contribution in [-0.4, -0.2) is 17.4 Å². The Morgan fingerprint density at radius 2 is 1.67 bits per heavy atom. The zero-order valence-corrected chi connectivity index (χ0v) is 15.3. The molecule has 3 aromatic rings. The molecule has 0 atom stereocenters. The molecule has 2 N–H and O–H groups in total. The lowest BCUT2D eigenvalue weighted by molar-refractivity contribution is -0.115. The molecule has 0 fully saturated rings. The molecule has 1 aromatic heterocycles. The molecule has 0 aliphatic rings. The molecule has 2 aromatic carbocycles. The number of hydrogen-bond acceptors (Lipinski definition) is 3. The molecule has 27 heavy (non-hydrogen) atoms. The van der Waals surface area contributed by atoms with Crippen molar-refractivity contribution in [2.45, 2.75) is 12.8 Å². The Balaban J connectivity index is 1.45. The first-order valence-corrected chi connectivity index (χ1v) is 8.95. The van der Waals surface area contributed by atoms with Crippen LogP contribution in [0.4, 0.5) is 15.9 Å². The number of aromatic nitrogens is 1. The maximum absolute atomic E-state index is 12.9. The summed E-state index contributed by atoms with van der Waals surface area (Å²) < 4.78 is 12.9. The zero-order chi connectivity index (χ0) is 19.1. The lowest BCUT2D eigenvalue weighted by Gasteiger charge is -2.08. The Kier molecular flexibility index (Phi) is 6.39. The molecule has 0 bridgehead atoms. The average Bonchev–Trinajstić information content (AvgIpc) is 2.67. The molecule has 3 rings (SSSR count). The number of pyridine rings is 1. The summed E-state index contributed by atoms with van der Waals surface area (Å²) in [4.78, 5) is 16.3. The van der Waals surface area contributed by atoms with Crippen LogP contribution >= 0.6 is 11.6 Å². The van der Waals surface area contributed by atoms with E-state index in [-0.39, 0.29) is 18.1 Å². The van der Waals surface area contributed by atoms with E-state index in [0.29, 0.717) is 17.4 Å². The van der Waals surface area contributed by atoms with E-state index >= 15 is 0 Å². The number of halogens is 2. The second kappa shape index (κ2) is 9.14. The number of nitrogens with zero attached hydrogens (tertiary/aromatic N) is 1. The van der Waals surface area contributed by atoms with Gasteiger partial charge in [-0.25, -0.2) is 9.37 Å². The number of hydrogen-bond donors (Lipinski definition) is 2. The Hall–Kier alpha value is -2.92. The summed E-state index contributed by atoms with van der Waals surface area (Å²) in [6.45, 7) is 0.704. The quantitative estimate of drug-likeness (QED) is 0.621. The van der Waals surface area contributed by atoms with E-state index in [0.717, 1.165) is 23.2 Å². The van der Waals surface area contributed by atoms with Gasteiger partial charge in [0.2, 0.25) is 5.91 Å². The summed E-state index contributed by atoms with van der Waals surface area (Å²) in [5, 5.41) is 6.67. The number of nitrogens with one attached hydrogen (secondary N) is 2. The van der Waals surface area contributed by atoms with E-state index in [1.54, 1.807) is 36.5 Å². The van der Waals surface area contributed by atoms with Crippen LogP contribution in [0, 0.1) is 5.82 Å². The maximum atomic E-state index is 12.9. The number of anilines is 2. The topological polar surface area (TPSA) is 54.0 Å². The van der Waals surface area contributed by atoms with Gasteiger partial charge in [0.15, 0.2) is 0 Å². The molecular formula is C21H19ClFN3O. The Bertz CT molecular complexity index is 881. The predicted molar refractivity (Wildman–Crippen MR) is 107 cm³/mol. The van der Waals surface area contributed by atoms with Gasteiger partial charge in [-0.3, -0.25) is 4.79 Å². The predicted octanol–water partition coefficient (Wildman–Crippen LogP) is 4.71. The molecule has 0 aliphatic heterocycles. The largest absolute Gasteiger partial charge is 0.383 e. The highest BCUT2D eigenvalue weighted by molar-refractivity contribution is 6.30. The van der Waals surface area contributed by atoms with E-state index in [2.05, 4.69) is 15.6 Å². The molecule has 0 radical (unpaired) electrons. The van der Waals surface area contributed by atoms with Crippen molar-refractivity contribution in [1.29, 1.82) is 0 Å². The Morgan fingerprint density at radius 1 is 0.963 bits per heavy atom. The van der Waals surface area contributed by atoms with E-state index in [1.165, 1.54) is 12.1 Å². The van der Waals surface area contributed by atoms with Crippen molar-refractivity contribution in [2.24, 2.45) is 0 Å². The number of benzene rings is 2. The van der Waals surface area contributed by atoms with Crippen LogP contribution < -0.4 is 10.6 Å². The number of amides is 1. The lowest BCUT2D eigenvalue weighted by Crippen LogP contribution is -2.15. The summed E-state index contributed by atoms with van der Waals surface area (Å²) in [6, 6.07) is 17.2. The van der Waals surface area contributed by atoms with Crippen molar-refractivity contribution < 1.29 is 9.18 Å². The number of carbonyl (C=O) groups excluding carboxylic acids is 1. The van der Waals surface area contributed by atoms with Crippen molar-refractivity contribution in [3.63, 3.8) is 0 Å². The van der Waals surface area contributed by atoms with Crippen molar-refractivity contribution in [2.75, 3.05) is 17.2 Å². The van der Waals surface area contributed by atoms with Gasteiger partial charge in [-0.05, 0) is 53.9 Å². The van der Waals surface area contributed by atoms with E-state index in [4.69, 9.17) is 11.6 Å². The maximum Gasteiger partial charge on any atom is 0.229 e. The van der Waals surface area contributed by atoms with Crippen LogP contribution in [0.3, 0.4) is 0 Å². The van der Waals surface area contributed by atoms with Crippen LogP contribution in [0.15, 0.2) is 66.9 Å². The third kappa shape index (κ3) is 6.08. The highest BCUT2D eigenvalue weighted by Crippen LogP contribution is 2.13. The third-order valence-electron chi connectivity index (χ3n) is 3.96. The van der Waals surface area contributed by atoms with E-state index in [9.17, 15) is 9.18 Å². The molecule has 0 aliphatic carbocycles. The highest BCUT2D eigenvalue weighted by Gasteiger charge is 2.05. The number of rotatable bonds is 7. The summed E-state index contributed by atoms with van der Waals surface area (Å²) in [6.07, 6.45) is 2.71.